The predicted molar refractivity (Wildman–Crippen MR) is 135 cm³/mol. The zero-order chi connectivity index (χ0) is 25.0. The normalized spacial score (nSPS) is 21.9. The van der Waals surface area contributed by atoms with Crippen molar-refractivity contribution in [2.24, 2.45) is 5.92 Å². The number of benzene rings is 2. The highest BCUT2D eigenvalue weighted by molar-refractivity contribution is 6.30. The SMILES string of the molecule is CC[C@@H](CO)N1C(=O)[C@@H](CC(=O)OC(C)(C)C)C[C@H](c2cccc(Cl)c2)C1c1ccc(Cl)cc1. The third-order valence-electron chi connectivity index (χ3n) is 6.22. The van der Waals surface area contributed by atoms with Crippen LogP contribution in [0.25, 0.3) is 0 Å². The molecule has 3 rings (SSSR count). The van der Waals surface area contributed by atoms with E-state index in [1.54, 1.807) is 17.0 Å². The topological polar surface area (TPSA) is 66.8 Å². The number of piperidine rings is 1. The third-order valence-corrected chi connectivity index (χ3v) is 6.71. The number of aliphatic hydroxyl groups excluding tert-OH is 1. The van der Waals surface area contributed by atoms with Gasteiger partial charge in [-0.25, -0.2) is 0 Å². The lowest BCUT2D eigenvalue weighted by Crippen LogP contribution is -2.53. The van der Waals surface area contributed by atoms with Gasteiger partial charge in [-0.05, 0) is 69.0 Å². The summed E-state index contributed by atoms with van der Waals surface area (Å²) < 4.78 is 5.53. The molecule has 5 nitrogen and oxygen atoms in total. The second-order valence-electron chi connectivity index (χ2n) is 9.87. The van der Waals surface area contributed by atoms with Gasteiger partial charge in [-0.15, -0.1) is 0 Å². The van der Waals surface area contributed by atoms with Crippen molar-refractivity contribution >= 4 is 35.1 Å². The number of carbonyl (C=O) groups excluding carboxylic acids is 2. The molecule has 0 aliphatic carbocycles. The molecule has 34 heavy (non-hydrogen) atoms. The van der Waals surface area contributed by atoms with Crippen molar-refractivity contribution in [3.63, 3.8) is 0 Å². The molecule has 1 unspecified atom stereocenters. The van der Waals surface area contributed by atoms with Crippen LogP contribution < -0.4 is 0 Å². The summed E-state index contributed by atoms with van der Waals surface area (Å²) in [6.45, 7) is 7.20. The van der Waals surface area contributed by atoms with Crippen LogP contribution in [-0.2, 0) is 14.3 Å². The minimum atomic E-state index is -0.635. The van der Waals surface area contributed by atoms with E-state index in [4.69, 9.17) is 27.9 Å². The molecule has 4 atom stereocenters. The van der Waals surface area contributed by atoms with Crippen LogP contribution in [0.2, 0.25) is 10.0 Å². The van der Waals surface area contributed by atoms with Crippen molar-refractivity contribution in [2.75, 3.05) is 6.61 Å². The summed E-state index contributed by atoms with van der Waals surface area (Å²) in [5, 5.41) is 11.4. The Labute approximate surface area is 212 Å². The number of hydrogen-bond donors (Lipinski definition) is 1. The van der Waals surface area contributed by atoms with Crippen LogP contribution >= 0.6 is 23.2 Å². The van der Waals surface area contributed by atoms with Crippen molar-refractivity contribution in [2.45, 2.75) is 70.6 Å². The van der Waals surface area contributed by atoms with E-state index in [-0.39, 0.29) is 30.9 Å². The summed E-state index contributed by atoms with van der Waals surface area (Å²) >= 11 is 12.5. The summed E-state index contributed by atoms with van der Waals surface area (Å²) in [6.07, 6.45) is 1.02. The van der Waals surface area contributed by atoms with Crippen LogP contribution in [0.5, 0.6) is 0 Å². The highest BCUT2D eigenvalue weighted by Crippen LogP contribution is 2.47. The first-order valence-corrected chi connectivity index (χ1v) is 12.5. The van der Waals surface area contributed by atoms with E-state index in [2.05, 4.69) is 0 Å². The molecule has 7 heteroatoms. The van der Waals surface area contributed by atoms with E-state index in [1.165, 1.54) is 0 Å². The summed E-state index contributed by atoms with van der Waals surface area (Å²) in [7, 11) is 0. The molecule has 1 aliphatic rings. The number of amides is 1. The molecule has 2 aromatic rings. The van der Waals surface area contributed by atoms with Gasteiger partial charge in [0.1, 0.15) is 5.60 Å². The molecule has 0 aromatic heterocycles. The van der Waals surface area contributed by atoms with Gasteiger partial charge in [0, 0.05) is 21.9 Å². The van der Waals surface area contributed by atoms with Gasteiger partial charge in [-0.1, -0.05) is 54.4 Å². The molecule has 1 saturated heterocycles. The minimum Gasteiger partial charge on any atom is -0.460 e. The highest BCUT2D eigenvalue weighted by atomic mass is 35.5. The maximum Gasteiger partial charge on any atom is 0.307 e. The first kappa shape index (κ1) is 26.5. The zero-order valence-corrected chi connectivity index (χ0v) is 21.6. The van der Waals surface area contributed by atoms with Crippen molar-refractivity contribution in [3.05, 3.63) is 69.7 Å². The standard InChI is InChI=1S/C27H33Cl2NO4/c1-5-22(16-31)30-25(17-9-11-20(28)12-10-17)23(18-7-6-8-21(29)13-18)14-19(26(30)33)15-24(32)34-27(2,3)4/h6-13,19,22-23,25,31H,5,14-16H2,1-4H3/t19-,22+,23-,25?/m1/s1. The average molecular weight is 506 g/mol. The number of esters is 1. The van der Waals surface area contributed by atoms with Gasteiger partial charge in [0.05, 0.1) is 25.1 Å². The van der Waals surface area contributed by atoms with Crippen LogP contribution in [0.3, 0.4) is 0 Å². The van der Waals surface area contributed by atoms with Gasteiger partial charge in [0.15, 0.2) is 0 Å². The van der Waals surface area contributed by atoms with Crippen LogP contribution in [0.15, 0.2) is 48.5 Å². The average Bonchev–Trinajstić information content (AvgIpc) is 2.76. The minimum absolute atomic E-state index is 0.0150. The van der Waals surface area contributed by atoms with E-state index >= 15 is 0 Å². The highest BCUT2D eigenvalue weighted by Gasteiger charge is 2.46. The summed E-state index contributed by atoms with van der Waals surface area (Å²) in [5.74, 6) is -1.25. The smallest absolute Gasteiger partial charge is 0.307 e. The Morgan fingerprint density at radius 3 is 2.35 bits per heavy atom. The fourth-order valence-electron chi connectivity index (χ4n) is 4.76. The van der Waals surface area contributed by atoms with Crippen LogP contribution in [0, 0.1) is 5.92 Å². The Morgan fingerprint density at radius 2 is 1.79 bits per heavy atom. The van der Waals surface area contributed by atoms with Crippen molar-refractivity contribution in [1.82, 2.24) is 4.90 Å². The van der Waals surface area contributed by atoms with E-state index in [0.717, 1.165) is 11.1 Å². The number of hydrogen-bond acceptors (Lipinski definition) is 4. The molecule has 0 bridgehead atoms. The largest absolute Gasteiger partial charge is 0.460 e. The Bertz CT molecular complexity index is 998. The summed E-state index contributed by atoms with van der Waals surface area (Å²) in [6, 6.07) is 14.3. The monoisotopic (exact) mass is 505 g/mol. The molecule has 184 valence electrons. The number of aliphatic hydroxyl groups is 1. The Hall–Kier alpha value is -2.08. The van der Waals surface area contributed by atoms with Crippen molar-refractivity contribution in [3.8, 4) is 0 Å². The zero-order valence-electron chi connectivity index (χ0n) is 20.1. The molecule has 0 spiro atoms. The number of likely N-dealkylation sites (tertiary alicyclic amines) is 1. The molecule has 1 heterocycles. The van der Waals surface area contributed by atoms with E-state index in [9.17, 15) is 14.7 Å². The Kier molecular flexibility index (Phi) is 8.66. The molecule has 1 aliphatic heterocycles. The third kappa shape index (κ3) is 6.32. The van der Waals surface area contributed by atoms with Crippen molar-refractivity contribution < 1.29 is 19.4 Å². The lowest BCUT2D eigenvalue weighted by atomic mass is 9.74. The van der Waals surface area contributed by atoms with Gasteiger partial charge in [-0.2, -0.15) is 0 Å². The number of carbonyl (C=O) groups is 2. The molecule has 1 fully saturated rings. The molecule has 2 aromatic carbocycles. The number of rotatable bonds is 7. The molecular formula is C27H33Cl2NO4. The van der Waals surface area contributed by atoms with Crippen LogP contribution in [-0.4, -0.2) is 40.1 Å². The van der Waals surface area contributed by atoms with E-state index in [0.29, 0.717) is 22.9 Å². The molecule has 1 amide bonds. The van der Waals surface area contributed by atoms with Crippen LogP contribution in [0.4, 0.5) is 0 Å². The first-order valence-electron chi connectivity index (χ1n) is 11.7. The van der Waals surface area contributed by atoms with Crippen molar-refractivity contribution in [1.29, 1.82) is 0 Å². The Morgan fingerprint density at radius 1 is 1.12 bits per heavy atom. The second-order valence-corrected chi connectivity index (χ2v) is 10.7. The number of nitrogens with zero attached hydrogens (tertiary/aromatic N) is 1. The van der Waals surface area contributed by atoms with Crippen LogP contribution in [0.1, 0.15) is 70.0 Å². The molecular weight excluding hydrogens is 473 g/mol. The summed E-state index contributed by atoms with van der Waals surface area (Å²) in [4.78, 5) is 28.3. The van der Waals surface area contributed by atoms with Gasteiger partial charge in [0.2, 0.25) is 5.91 Å². The maximum absolute atomic E-state index is 13.8. The number of halogens is 2. The quantitative estimate of drug-likeness (QED) is 0.456. The molecule has 1 N–H and O–H groups in total. The molecule has 0 radical (unpaired) electrons. The maximum atomic E-state index is 13.8. The first-order chi connectivity index (χ1) is 16.0. The second kappa shape index (κ2) is 11.1. The summed E-state index contributed by atoms with van der Waals surface area (Å²) in [5.41, 5.74) is 1.27. The van der Waals surface area contributed by atoms with E-state index in [1.807, 2.05) is 64.1 Å². The fourth-order valence-corrected chi connectivity index (χ4v) is 5.09. The van der Waals surface area contributed by atoms with Gasteiger partial charge in [0.25, 0.3) is 0 Å². The van der Waals surface area contributed by atoms with Gasteiger partial charge >= 0.3 is 5.97 Å². The number of ether oxygens (including phenoxy) is 1. The lowest BCUT2D eigenvalue weighted by molar-refractivity contribution is -0.162. The predicted octanol–water partition coefficient (Wildman–Crippen LogP) is 6.17. The lowest BCUT2D eigenvalue weighted by Gasteiger charge is -2.48. The van der Waals surface area contributed by atoms with Gasteiger partial charge in [-0.3, -0.25) is 9.59 Å². The fraction of sp³-hybridized carbons (Fsp3) is 0.481. The van der Waals surface area contributed by atoms with Gasteiger partial charge < -0.3 is 14.7 Å². The molecule has 0 saturated carbocycles. The van der Waals surface area contributed by atoms with E-state index < -0.39 is 23.5 Å². The Balaban J connectivity index is 2.09.